The van der Waals surface area contributed by atoms with E-state index in [1.165, 1.54) is 12.7 Å². The van der Waals surface area contributed by atoms with Crippen molar-refractivity contribution in [2.75, 3.05) is 37.4 Å². The molecule has 0 aliphatic heterocycles. The predicted molar refractivity (Wildman–Crippen MR) is 110 cm³/mol. The van der Waals surface area contributed by atoms with Crippen molar-refractivity contribution in [2.24, 2.45) is 0 Å². The molecule has 0 radical (unpaired) electrons. The van der Waals surface area contributed by atoms with Gasteiger partial charge in [0.25, 0.3) is 0 Å². The van der Waals surface area contributed by atoms with Crippen LogP contribution in [0.2, 0.25) is 0 Å². The number of rotatable bonds is 9. The molecule has 2 aromatic carbocycles. The molecular formula is C20H26N2O5S. The molecule has 0 saturated carbocycles. The number of carbonyl (C=O) groups is 1. The highest BCUT2D eigenvalue weighted by molar-refractivity contribution is 7.92. The first-order valence-corrected chi connectivity index (χ1v) is 10.6. The molecule has 0 aliphatic rings. The maximum Gasteiger partial charge on any atom is 0.240 e. The van der Waals surface area contributed by atoms with Gasteiger partial charge in [0.05, 0.1) is 25.6 Å². The number of benzene rings is 2. The summed E-state index contributed by atoms with van der Waals surface area (Å²) in [6.45, 7) is 4.25. The van der Waals surface area contributed by atoms with Gasteiger partial charge >= 0.3 is 0 Å². The Labute approximate surface area is 166 Å². The molecule has 28 heavy (non-hydrogen) atoms. The molecule has 0 saturated heterocycles. The van der Waals surface area contributed by atoms with E-state index in [2.05, 4.69) is 5.32 Å². The van der Waals surface area contributed by atoms with Crippen molar-refractivity contribution in [1.82, 2.24) is 5.32 Å². The van der Waals surface area contributed by atoms with Gasteiger partial charge in [-0.2, -0.15) is 0 Å². The molecule has 0 atom stereocenters. The zero-order chi connectivity index (χ0) is 20.7. The van der Waals surface area contributed by atoms with Crippen LogP contribution in [0.1, 0.15) is 11.1 Å². The number of nitrogens with zero attached hydrogens (tertiary/aromatic N) is 1. The molecule has 0 aliphatic carbocycles. The summed E-state index contributed by atoms with van der Waals surface area (Å²) in [7, 11) is -2.14. The van der Waals surface area contributed by atoms with E-state index in [-0.39, 0.29) is 19.7 Å². The summed E-state index contributed by atoms with van der Waals surface area (Å²) in [6.07, 6.45) is 1.06. The quantitative estimate of drug-likeness (QED) is 0.646. The molecule has 7 nitrogen and oxygen atoms in total. The number of hydrogen-bond donors (Lipinski definition) is 1. The molecule has 0 heterocycles. The van der Waals surface area contributed by atoms with E-state index in [4.69, 9.17) is 9.47 Å². The summed E-state index contributed by atoms with van der Waals surface area (Å²) in [5, 5.41) is 2.68. The van der Waals surface area contributed by atoms with Crippen molar-refractivity contribution >= 4 is 21.6 Å². The second kappa shape index (κ2) is 9.45. The number of methoxy groups -OCH3 is 1. The number of sulfonamides is 1. The van der Waals surface area contributed by atoms with Crippen LogP contribution < -0.4 is 19.1 Å². The molecule has 2 aromatic rings. The van der Waals surface area contributed by atoms with E-state index in [0.29, 0.717) is 11.4 Å². The maximum absolute atomic E-state index is 12.2. The molecule has 1 amide bonds. The molecule has 0 fully saturated rings. The van der Waals surface area contributed by atoms with E-state index in [1.807, 2.05) is 32.0 Å². The lowest BCUT2D eigenvalue weighted by atomic mass is 10.1. The zero-order valence-corrected chi connectivity index (χ0v) is 17.4. The molecule has 0 unspecified atom stereocenters. The summed E-state index contributed by atoms with van der Waals surface area (Å²) in [4.78, 5) is 12.2. The van der Waals surface area contributed by atoms with Crippen LogP contribution in [0.3, 0.4) is 0 Å². The smallest absolute Gasteiger partial charge is 0.240 e. The van der Waals surface area contributed by atoms with Crippen LogP contribution in [0, 0.1) is 13.8 Å². The van der Waals surface area contributed by atoms with Crippen molar-refractivity contribution in [3.63, 3.8) is 0 Å². The molecule has 1 N–H and O–H groups in total. The number of nitrogens with one attached hydrogen (secondary N) is 1. The normalized spacial score (nSPS) is 11.0. The highest BCUT2D eigenvalue weighted by Gasteiger charge is 2.21. The van der Waals surface area contributed by atoms with Crippen LogP contribution in [0.4, 0.5) is 5.69 Å². The Balaban J connectivity index is 1.92. The maximum atomic E-state index is 12.2. The Morgan fingerprint density at radius 1 is 1.07 bits per heavy atom. The van der Waals surface area contributed by atoms with Gasteiger partial charge in [-0.25, -0.2) is 8.42 Å². The van der Waals surface area contributed by atoms with Gasteiger partial charge in [-0.3, -0.25) is 9.10 Å². The first-order chi connectivity index (χ1) is 13.2. The number of carbonyl (C=O) groups excluding carboxylic acids is 1. The predicted octanol–water partition coefficient (Wildman–Crippen LogP) is 2.27. The summed E-state index contributed by atoms with van der Waals surface area (Å²) in [6, 6.07) is 12.3. The van der Waals surface area contributed by atoms with Gasteiger partial charge in [0.15, 0.2) is 0 Å². The number of ether oxygens (including phenoxy) is 2. The topological polar surface area (TPSA) is 84.9 Å². The molecule has 0 aromatic heterocycles. The number of hydrogen-bond acceptors (Lipinski definition) is 5. The van der Waals surface area contributed by atoms with Crippen molar-refractivity contribution in [3.8, 4) is 11.5 Å². The Morgan fingerprint density at radius 2 is 1.82 bits per heavy atom. The fraction of sp³-hybridized carbons (Fsp3) is 0.350. The van der Waals surface area contributed by atoms with Gasteiger partial charge in [-0.1, -0.05) is 12.1 Å². The van der Waals surface area contributed by atoms with Crippen LogP contribution in [0.15, 0.2) is 42.5 Å². The van der Waals surface area contributed by atoms with Gasteiger partial charge in [0.2, 0.25) is 15.9 Å². The average molecular weight is 407 g/mol. The van der Waals surface area contributed by atoms with Crippen molar-refractivity contribution in [3.05, 3.63) is 53.6 Å². The average Bonchev–Trinajstić information content (AvgIpc) is 2.65. The first-order valence-electron chi connectivity index (χ1n) is 8.79. The van der Waals surface area contributed by atoms with E-state index < -0.39 is 15.9 Å². The standard InChI is InChI=1S/C20H26N2O5S/c1-15-8-9-19(12-16(15)2)27-11-10-21-20(23)14-22(28(4,24)25)17-6-5-7-18(13-17)26-3/h5-9,12-13H,10-11,14H2,1-4H3,(H,21,23). The third-order valence-electron chi connectivity index (χ3n) is 4.20. The highest BCUT2D eigenvalue weighted by Crippen LogP contribution is 2.22. The van der Waals surface area contributed by atoms with E-state index in [1.54, 1.807) is 24.3 Å². The fourth-order valence-corrected chi connectivity index (χ4v) is 3.36. The van der Waals surface area contributed by atoms with E-state index >= 15 is 0 Å². The molecular weight excluding hydrogens is 380 g/mol. The van der Waals surface area contributed by atoms with Crippen LogP contribution in [-0.2, 0) is 14.8 Å². The van der Waals surface area contributed by atoms with Crippen LogP contribution in [0.25, 0.3) is 0 Å². The summed E-state index contributed by atoms with van der Waals surface area (Å²) in [5.74, 6) is 0.816. The summed E-state index contributed by atoms with van der Waals surface area (Å²) >= 11 is 0. The highest BCUT2D eigenvalue weighted by atomic mass is 32.2. The van der Waals surface area contributed by atoms with Gasteiger partial charge in [0.1, 0.15) is 24.7 Å². The van der Waals surface area contributed by atoms with Crippen LogP contribution in [0.5, 0.6) is 11.5 Å². The Morgan fingerprint density at radius 3 is 2.46 bits per heavy atom. The van der Waals surface area contributed by atoms with Gasteiger partial charge in [0, 0.05) is 6.07 Å². The van der Waals surface area contributed by atoms with Crippen LogP contribution >= 0.6 is 0 Å². The number of aryl methyl sites for hydroxylation is 2. The summed E-state index contributed by atoms with van der Waals surface area (Å²) in [5.41, 5.74) is 2.67. The number of amides is 1. The SMILES string of the molecule is COc1cccc(N(CC(=O)NCCOc2ccc(C)c(C)c2)S(C)(=O)=O)c1. The van der Waals surface area contributed by atoms with Gasteiger partial charge in [-0.05, 0) is 49.2 Å². The lowest BCUT2D eigenvalue weighted by Gasteiger charge is -2.22. The first kappa shape index (κ1) is 21.6. The Kier molecular flexibility index (Phi) is 7.28. The lowest BCUT2D eigenvalue weighted by Crippen LogP contribution is -2.41. The monoisotopic (exact) mass is 406 g/mol. The molecule has 0 spiro atoms. The second-order valence-electron chi connectivity index (χ2n) is 6.42. The molecule has 2 rings (SSSR count). The van der Waals surface area contributed by atoms with E-state index in [9.17, 15) is 13.2 Å². The molecule has 152 valence electrons. The third-order valence-corrected chi connectivity index (χ3v) is 5.34. The van der Waals surface area contributed by atoms with Crippen molar-refractivity contribution < 1.29 is 22.7 Å². The minimum Gasteiger partial charge on any atom is -0.497 e. The van der Waals surface area contributed by atoms with Crippen molar-refractivity contribution in [1.29, 1.82) is 0 Å². The van der Waals surface area contributed by atoms with Gasteiger partial charge < -0.3 is 14.8 Å². The van der Waals surface area contributed by atoms with Crippen LogP contribution in [-0.4, -0.2) is 47.4 Å². The van der Waals surface area contributed by atoms with Crippen molar-refractivity contribution in [2.45, 2.75) is 13.8 Å². The largest absolute Gasteiger partial charge is 0.497 e. The minimum atomic E-state index is -3.63. The third kappa shape index (κ3) is 6.16. The second-order valence-corrected chi connectivity index (χ2v) is 8.32. The Bertz CT molecular complexity index is 928. The fourth-order valence-electron chi connectivity index (χ4n) is 2.51. The number of anilines is 1. The Hall–Kier alpha value is -2.74. The molecule has 8 heteroatoms. The van der Waals surface area contributed by atoms with E-state index in [0.717, 1.165) is 21.9 Å². The molecule has 0 bridgehead atoms. The van der Waals surface area contributed by atoms with Gasteiger partial charge in [-0.15, -0.1) is 0 Å². The minimum absolute atomic E-state index is 0.265. The lowest BCUT2D eigenvalue weighted by molar-refractivity contribution is -0.119. The zero-order valence-electron chi connectivity index (χ0n) is 16.6. The summed E-state index contributed by atoms with van der Waals surface area (Å²) < 4.78 is 36.0.